The molecule has 3 heterocycles. The van der Waals surface area contributed by atoms with E-state index in [1.165, 1.54) is 24.4 Å². The van der Waals surface area contributed by atoms with Gasteiger partial charge in [-0.3, -0.25) is 9.80 Å². The topological polar surface area (TPSA) is 79.8 Å². The minimum atomic E-state index is -0.939. The number of amides is 1. The van der Waals surface area contributed by atoms with E-state index >= 15 is 0 Å². The monoisotopic (exact) mass is 461 g/mol. The van der Waals surface area contributed by atoms with E-state index in [9.17, 15) is 13.6 Å². The zero-order chi connectivity index (χ0) is 22.6. The van der Waals surface area contributed by atoms with E-state index in [0.29, 0.717) is 42.0 Å². The molecule has 2 saturated heterocycles. The number of anilines is 3. The lowest BCUT2D eigenvalue weighted by Crippen LogP contribution is -2.62. The molecule has 11 heteroatoms. The van der Waals surface area contributed by atoms with Crippen molar-refractivity contribution in [1.29, 1.82) is 0 Å². The number of methoxy groups -OCH3 is 1. The second-order valence-corrected chi connectivity index (χ2v) is 8.30. The maximum atomic E-state index is 14.4. The molecule has 166 valence electrons. The third-order valence-corrected chi connectivity index (χ3v) is 5.95. The van der Waals surface area contributed by atoms with E-state index in [-0.39, 0.29) is 11.5 Å². The highest BCUT2D eigenvalue weighted by Gasteiger charge is 2.53. The molecule has 2 aliphatic rings. The van der Waals surface area contributed by atoms with Gasteiger partial charge in [0.15, 0.2) is 11.4 Å². The number of hydrogen-bond acceptors (Lipinski definition) is 7. The Bertz CT molecular complexity index is 1250. The van der Waals surface area contributed by atoms with E-state index in [4.69, 9.17) is 21.1 Å². The van der Waals surface area contributed by atoms with Crippen LogP contribution < -0.4 is 15.0 Å². The molecule has 0 aliphatic carbocycles. The van der Waals surface area contributed by atoms with Gasteiger partial charge in [0, 0.05) is 24.5 Å². The van der Waals surface area contributed by atoms with Crippen molar-refractivity contribution in [3.05, 3.63) is 47.2 Å². The first kappa shape index (κ1) is 20.7. The van der Waals surface area contributed by atoms with Crippen molar-refractivity contribution in [2.75, 3.05) is 44.0 Å². The molecule has 2 fully saturated rings. The minimum absolute atomic E-state index is 0.0502. The Labute approximate surface area is 186 Å². The van der Waals surface area contributed by atoms with Crippen LogP contribution in [0.5, 0.6) is 5.75 Å². The van der Waals surface area contributed by atoms with Crippen LogP contribution in [0.15, 0.2) is 30.6 Å². The summed E-state index contributed by atoms with van der Waals surface area (Å²) in [6.45, 7) is 1.66. The Morgan fingerprint density at radius 2 is 2.00 bits per heavy atom. The van der Waals surface area contributed by atoms with Crippen LogP contribution in [0.1, 0.15) is 0 Å². The van der Waals surface area contributed by atoms with Gasteiger partial charge in [0.05, 0.1) is 30.5 Å². The summed E-state index contributed by atoms with van der Waals surface area (Å²) in [5.41, 5.74) is 0.383. The molecule has 0 saturated carbocycles. The third kappa shape index (κ3) is 3.26. The number of halogens is 3. The Morgan fingerprint density at radius 1 is 1.22 bits per heavy atom. The summed E-state index contributed by atoms with van der Waals surface area (Å²) in [6.07, 6.45) is 0.828. The van der Waals surface area contributed by atoms with Crippen LogP contribution in [0, 0.1) is 11.6 Å². The number of aromatic nitrogens is 2. The third-order valence-electron chi connectivity index (χ3n) is 5.60. The number of carbonyl (C=O) groups excluding carboxylic acids is 1. The number of likely N-dealkylation sites (tertiary alicyclic amines) is 1. The zero-order valence-electron chi connectivity index (χ0n) is 17.2. The van der Waals surface area contributed by atoms with Crippen LogP contribution in [-0.2, 0) is 4.74 Å². The molecule has 2 aromatic carbocycles. The van der Waals surface area contributed by atoms with E-state index in [0.717, 1.165) is 6.07 Å². The first-order chi connectivity index (χ1) is 15.3. The lowest BCUT2D eigenvalue weighted by molar-refractivity contribution is -0.0599. The standard InChI is InChI=1S/C21H18ClF2N5O3/c1-28-7-21(8-28)9-29(20(30)32-21)15-5-11-14(6-16(15)31-2)25-10-26-19(11)27-13-4-3-12(23)17(22)18(13)24/h3-6,10H,7-9H2,1-2H3,(H,25,26,27). The molecule has 32 heavy (non-hydrogen) atoms. The van der Waals surface area contributed by atoms with Gasteiger partial charge in [-0.05, 0) is 25.2 Å². The minimum Gasteiger partial charge on any atom is -0.494 e. The molecular formula is C21H18ClF2N5O3. The zero-order valence-corrected chi connectivity index (χ0v) is 17.9. The molecule has 0 radical (unpaired) electrons. The molecule has 5 rings (SSSR count). The predicted molar refractivity (Wildman–Crippen MR) is 115 cm³/mol. The van der Waals surface area contributed by atoms with Crippen molar-refractivity contribution in [1.82, 2.24) is 14.9 Å². The number of nitrogens with one attached hydrogen (secondary N) is 1. The fourth-order valence-electron chi connectivity index (χ4n) is 4.21. The van der Waals surface area contributed by atoms with Gasteiger partial charge in [-0.1, -0.05) is 11.6 Å². The van der Waals surface area contributed by atoms with Crippen LogP contribution >= 0.6 is 11.6 Å². The predicted octanol–water partition coefficient (Wildman–Crippen LogP) is 3.95. The van der Waals surface area contributed by atoms with Crippen LogP contribution in [0.4, 0.5) is 30.8 Å². The van der Waals surface area contributed by atoms with Crippen LogP contribution in [-0.4, -0.2) is 60.4 Å². The summed E-state index contributed by atoms with van der Waals surface area (Å²) < 4.78 is 39.1. The van der Waals surface area contributed by atoms with Gasteiger partial charge in [0.1, 0.15) is 28.7 Å². The number of nitrogens with zero attached hydrogens (tertiary/aromatic N) is 4. The van der Waals surface area contributed by atoms with Crippen molar-refractivity contribution in [2.24, 2.45) is 0 Å². The lowest BCUT2D eigenvalue weighted by Gasteiger charge is -2.43. The molecule has 0 unspecified atom stereocenters. The normalized spacial score (nSPS) is 17.5. The molecule has 3 aromatic rings. The fraction of sp³-hybridized carbons (Fsp3) is 0.286. The first-order valence-electron chi connectivity index (χ1n) is 9.72. The van der Waals surface area contributed by atoms with E-state index < -0.39 is 28.4 Å². The highest BCUT2D eigenvalue weighted by Crippen LogP contribution is 2.41. The van der Waals surface area contributed by atoms with Crippen LogP contribution in [0.2, 0.25) is 5.02 Å². The van der Waals surface area contributed by atoms with Crippen molar-refractivity contribution in [2.45, 2.75) is 5.60 Å². The summed E-state index contributed by atoms with van der Waals surface area (Å²) in [5.74, 6) is -1.12. The van der Waals surface area contributed by atoms with Gasteiger partial charge in [-0.2, -0.15) is 0 Å². The number of rotatable bonds is 4. The van der Waals surface area contributed by atoms with Crippen molar-refractivity contribution in [3.63, 3.8) is 0 Å². The van der Waals surface area contributed by atoms with E-state index in [1.54, 1.807) is 12.1 Å². The molecule has 1 spiro atoms. The van der Waals surface area contributed by atoms with E-state index in [2.05, 4.69) is 20.2 Å². The Kier molecular flexibility index (Phi) is 4.79. The second kappa shape index (κ2) is 7.42. The molecule has 1 N–H and O–H groups in total. The van der Waals surface area contributed by atoms with Gasteiger partial charge in [-0.25, -0.2) is 23.5 Å². The lowest BCUT2D eigenvalue weighted by atomic mass is 9.95. The SMILES string of the molecule is COc1cc2ncnc(Nc3ccc(F)c(Cl)c3F)c2cc1N1CC2(CN(C)C2)OC1=O. The first-order valence-corrected chi connectivity index (χ1v) is 10.1. The Morgan fingerprint density at radius 3 is 2.72 bits per heavy atom. The number of likely N-dealkylation sites (N-methyl/N-ethyl adjacent to an activating group) is 1. The summed E-state index contributed by atoms with van der Waals surface area (Å²) >= 11 is 5.69. The maximum Gasteiger partial charge on any atom is 0.415 e. The average Bonchev–Trinajstić information content (AvgIpc) is 3.10. The highest BCUT2D eigenvalue weighted by molar-refractivity contribution is 6.31. The largest absolute Gasteiger partial charge is 0.494 e. The molecule has 1 aromatic heterocycles. The number of hydrogen-bond donors (Lipinski definition) is 1. The molecule has 2 aliphatic heterocycles. The van der Waals surface area contributed by atoms with Crippen LogP contribution in [0.3, 0.4) is 0 Å². The van der Waals surface area contributed by atoms with Gasteiger partial charge in [-0.15, -0.1) is 0 Å². The van der Waals surface area contributed by atoms with Gasteiger partial charge in [0.2, 0.25) is 0 Å². The Hall–Kier alpha value is -3.24. The van der Waals surface area contributed by atoms with Crippen molar-refractivity contribution >= 4 is 45.8 Å². The summed E-state index contributed by atoms with van der Waals surface area (Å²) in [7, 11) is 3.45. The number of ether oxygens (including phenoxy) is 2. The molecule has 0 atom stereocenters. The molecule has 1 amide bonds. The smallest absolute Gasteiger partial charge is 0.415 e. The summed E-state index contributed by atoms with van der Waals surface area (Å²) in [4.78, 5) is 24.7. The molecule has 8 nitrogen and oxygen atoms in total. The van der Waals surface area contributed by atoms with Gasteiger partial charge in [0.25, 0.3) is 0 Å². The van der Waals surface area contributed by atoms with Crippen LogP contribution in [0.25, 0.3) is 10.9 Å². The highest BCUT2D eigenvalue weighted by atomic mass is 35.5. The summed E-state index contributed by atoms with van der Waals surface area (Å²) in [6, 6.07) is 5.63. The molecule has 0 bridgehead atoms. The number of fused-ring (bicyclic) bond motifs is 1. The Balaban J connectivity index is 1.57. The van der Waals surface area contributed by atoms with E-state index in [1.807, 2.05) is 7.05 Å². The molecular weight excluding hydrogens is 444 g/mol. The van der Waals surface area contributed by atoms with Gasteiger partial charge < -0.3 is 14.8 Å². The number of benzene rings is 2. The van der Waals surface area contributed by atoms with Gasteiger partial charge >= 0.3 is 6.09 Å². The maximum absolute atomic E-state index is 14.4. The average molecular weight is 462 g/mol. The van der Waals surface area contributed by atoms with Crippen molar-refractivity contribution in [3.8, 4) is 5.75 Å². The second-order valence-electron chi connectivity index (χ2n) is 7.92. The fourth-order valence-corrected chi connectivity index (χ4v) is 4.37. The quantitative estimate of drug-likeness (QED) is 0.589. The van der Waals surface area contributed by atoms with Crippen molar-refractivity contribution < 1.29 is 23.0 Å². The summed E-state index contributed by atoms with van der Waals surface area (Å²) in [5, 5.41) is 2.72. The number of carbonyl (C=O) groups is 1.